The lowest BCUT2D eigenvalue weighted by molar-refractivity contribution is -0.141. The molecule has 37 heavy (non-hydrogen) atoms. The number of allylic oxidation sites excluding steroid dienone is 2. The van der Waals surface area contributed by atoms with E-state index in [2.05, 4.69) is 36.9 Å². The molecule has 0 aromatic heterocycles. The predicted molar refractivity (Wildman–Crippen MR) is 149 cm³/mol. The normalized spacial score (nSPS) is 11.7. The number of carbonyl (C=O) groups is 2. The second kappa shape index (κ2) is 12.7. The van der Waals surface area contributed by atoms with Gasteiger partial charge in [0, 0.05) is 28.2 Å². The quantitative estimate of drug-likeness (QED) is 0.223. The third kappa shape index (κ3) is 7.20. The van der Waals surface area contributed by atoms with Crippen molar-refractivity contribution in [1.29, 1.82) is 0 Å². The molecule has 0 saturated heterocycles. The van der Waals surface area contributed by atoms with Gasteiger partial charge in [0.1, 0.15) is 13.2 Å². The van der Waals surface area contributed by atoms with E-state index in [4.69, 9.17) is 9.47 Å². The van der Waals surface area contributed by atoms with Crippen LogP contribution in [-0.2, 0) is 32.3 Å². The fraction of sp³-hybridized carbons (Fsp3) is 0.250. The van der Waals surface area contributed by atoms with Crippen LogP contribution in [0.3, 0.4) is 0 Å². The van der Waals surface area contributed by atoms with E-state index < -0.39 is 0 Å². The Bertz CT molecular complexity index is 1220. The summed E-state index contributed by atoms with van der Waals surface area (Å²) in [5.74, 6) is -0.620. The second-order valence-electron chi connectivity index (χ2n) is 9.03. The van der Waals surface area contributed by atoms with Crippen LogP contribution in [0.5, 0.6) is 0 Å². The summed E-state index contributed by atoms with van der Waals surface area (Å²) in [6.45, 7) is 11.7. The van der Waals surface area contributed by atoms with E-state index in [0.29, 0.717) is 11.1 Å². The lowest BCUT2D eigenvalue weighted by Gasteiger charge is -2.26. The van der Waals surface area contributed by atoms with Crippen LogP contribution in [0.2, 0.25) is 0 Å². The van der Waals surface area contributed by atoms with Gasteiger partial charge in [0.2, 0.25) is 0 Å². The topological polar surface area (TPSA) is 55.8 Å². The van der Waals surface area contributed by atoms with E-state index in [1.165, 1.54) is 11.1 Å². The highest BCUT2D eigenvalue weighted by Crippen LogP contribution is 2.35. The smallest absolute Gasteiger partial charge is 0.333 e. The van der Waals surface area contributed by atoms with Crippen LogP contribution in [0.4, 0.5) is 17.1 Å². The third-order valence-corrected chi connectivity index (χ3v) is 6.39. The molecule has 0 atom stereocenters. The van der Waals surface area contributed by atoms with Crippen LogP contribution in [0.15, 0.2) is 90.0 Å². The molecular formula is C32H35NO4. The van der Waals surface area contributed by atoms with E-state index in [1.807, 2.05) is 62.4 Å². The summed E-state index contributed by atoms with van der Waals surface area (Å²) in [7, 11) is 0. The molecule has 0 fully saturated rings. The summed E-state index contributed by atoms with van der Waals surface area (Å²) >= 11 is 0. The van der Waals surface area contributed by atoms with Crippen LogP contribution in [0.25, 0.3) is 0 Å². The van der Waals surface area contributed by atoms with Crippen LogP contribution in [-0.4, -0.2) is 11.9 Å². The first kappa shape index (κ1) is 27.5. The largest absolute Gasteiger partial charge is 0.457 e. The van der Waals surface area contributed by atoms with Crippen molar-refractivity contribution in [1.82, 2.24) is 0 Å². The molecule has 5 heteroatoms. The van der Waals surface area contributed by atoms with Gasteiger partial charge in [-0.3, -0.25) is 0 Å². The fourth-order valence-corrected chi connectivity index (χ4v) is 3.56. The number of ether oxygens (including phenoxy) is 2. The van der Waals surface area contributed by atoms with Gasteiger partial charge in [-0.15, -0.1) is 0 Å². The molecule has 0 saturated carbocycles. The van der Waals surface area contributed by atoms with Gasteiger partial charge >= 0.3 is 11.9 Å². The van der Waals surface area contributed by atoms with E-state index in [-0.39, 0.29) is 25.2 Å². The summed E-state index contributed by atoms with van der Waals surface area (Å²) < 4.78 is 10.8. The summed E-state index contributed by atoms with van der Waals surface area (Å²) in [5, 5.41) is 0. The Morgan fingerprint density at radius 1 is 0.649 bits per heavy atom. The highest BCUT2D eigenvalue weighted by atomic mass is 16.5. The molecule has 3 aromatic rings. The molecule has 5 nitrogen and oxygen atoms in total. The molecule has 0 spiro atoms. The predicted octanol–water partition coefficient (Wildman–Crippen LogP) is 7.79. The Balaban J connectivity index is 1.86. The fourth-order valence-electron chi connectivity index (χ4n) is 3.56. The molecule has 0 N–H and O–H groups in total. The first-order valence-electron chi connectivity index (χ1n) is 12.4. The minimum atomic E-state index is -0.310. The van der Waals surface area contributed by atoms with Crippen molar-refractivity contribution < 1.29 is 19.1 Å². The zero-order valence-electron chi connectivity index (χ0n) is 22.5. The Labute approximate surface area is 220 Å². The van der Waals surface area contributed by atoms with Crippen molar-refractivity contribution in [2.75, 3.05) is 4.90 Å². The number of aryl methyl sites for hydroxylation is 2. The molecule has 0 aliphatic rings. The molecule has 0 radical (unpaired) electrons. The van der Waals surface area contributed by atoms with Crippen molar-refractivity contribution in [2.24, 2.45) is 0 Å². The Hall–Kier alpha value is -4.12. The highest BCUT2D eigenvalue weighted by Gasteiger charge is 2.14. The van der Waals surface area contributed by atoms with Crippen molar-refractivity contribution in [3.05, 3.63) is 112 Å². The average molecular weight is 498 g/mol. The zero-order chi connectivity index (χ0) is 26.9. The monoisotopic (exact) mass is 497 g/mol. The molecule has 3 rings (SSSR count). The molecular weight excluding hydrogens is 462 g/mol. The molecule has 0 aliphatic heterocycles. The van der Waals surface area contributed by atoms with E-state index in [0.717, 1.165) is 28.2 Å². The lowest BCUT2D eigenvalue weighted by Crippen LogP contribution is -2.11. The second-order valence-corrected chi connectivity index (χ2v) is 9.03. The third-order valence-electron chi connectivity index (χ3n) is 6.39. The average Bonchev–Trinajstić information content (AvgIpc) is 2.92. The number of nitrogens with zero attached hydrogens (tertiary/aromatic N) is 1. The first-order chi connectivity index (χ1) is 17.7. The highest BCUT2D eigenvalue weighted by molar-refractivity contribution is 5.88. The van der Waals surface area contributed by atoms with Crippen molar-refractivity contribution >= 4 is 29.0 Å². The molecule has 0 bridgehead atoms. The Kier molecular flexibility index (Phi) is 9.45. The SMILES string of the molecule is CC=C(C)C(=O)OCc1ccc(N(c2ccc(COC(=O)C(C)=CC)cc2)c2ccc(C)c(C)c2)cc1. The van der Waals surface area contributed by atoms with Crippen LogP contribution < -0.4 is 4.90 Å². The minimum Gasteiger partial charge on any atom is -0.457 e. The molecule has 0 heterocycles. The van der Waals surface area contributed by atoms with E-state index in [9.17, 15) is 9.59 Å². The van der Waals surface area contributed by atoms with Crippen molar-refractivity contribution in [3.8, 4) is 0 Å². The number of hydrogen-bond acceptors (Lipinski definition) is 5. The van der Waals surface area contributed by atoms with Gasteiger partial charge in [-0.05, 0) is 100 Å². The first-order valence-corrected chi connectivity index (χ1v) is 12.4. The lowest BCUT2D eigenvalue weighted by atomic mass is 10.1. The van der Waals surface area contributed by atoms with Crippen molar-refractivity contribution in [2.45, 2.75) is 54.8 Å². The summed E-state index contributed by atoms with van der Waals surface area (Å²) in [6, 6.07) is 22.4. The molecule has 3 aromatic carbocycles. The standard InChI is InChI=1S/C32H35NO4/c1-7-22(3)31(34)36-20-26-10-15-28(16-11-26)33(30-14-9-24(5)25(6)19-30)29-17-12-27(13-18-29)21-37-32(35)23(4)8-2/h7-19H,20-21H2,1-6H3. The molecule has 0 aliphatic carbocycles. The number of rotatable bonds is 9. The van der Waals surface area contributed by atoms with Gasteiger partial charge in [-0.25, -0.2) is 9.59 Å². The van der Waals surface area contributed by atoms with Crippen LogP contribution in [0.1, 0.15) is 49.9 Å². The number of carbonyl (C=O) groups excluding carboxylic acids is 2. The van der Waals surface area contributed by atoms with Gasteiger partial charge in [0.15, 0.2) is 0 Å². The maximum absolute atomic E-state index is 12.0. The maximum Gasteiger partial charge on any atom is 0.333 e. The Morgan fingerprint density at radius 2 is 1.05 bits per heavy atom. The molecule has 0 amide bonds. The summed E-state index contributed by atoms with van der Waals surface area (Å²) in [5.41, 5.74) is 8.43. The van der Waals surface area contributed by atoms with Gasteiger partial charge in [-0.1, -0.05) is 42.5 Å². The number of benzene rings is 3. The maximum atomic E-state index is 12.0. The number of esters is 2. The minimum absolute atomic E-state index is 0.216. The van der Waals surface area contributed by atoms with Crippen LogP contribution >= 0.6 is 0 Å². The van der Waals surface area contributed by atoms with Gasteiger partial charge in [-0.2, -0.15) is 0 Å². The van der Waals surface area contributed by atoms with Gasteiger partial charge in [0.25, 0.3) is 0 Å². The zero-order valence-corrected chi connectivity index (χ0v) is 22.5. The molecule has 192 valence electrons. The van der Waals surface area contributed by atoms with Gasteiger partial charge < -0.3 is 14.4 Å². The number of hydrogen-bond donors (Lipinski definition) is 0. The van der Waals surface area contributed by atoms with Crippen molar-refractivity contribution in [3.63, 3.8) is 0 Å². The summed E-state index contributed by atoms with van der Waals surface area (Å²) in [6.07, 6.45) is 3.48. The number of anilines is 3. The molecule has 0 unspecified atom stereocenters. The summed E-state index contributed by atoms with van der Waals surface area (Å²) in [4.78, 5) is 26.1. The van der Waals surface area contributed by atoms with Gasteiger partial charge in [0.05, 0.1) is 0 Å². The van der Waals surface area contributed by atoms with Crippen LogP contribution in [0, 0.1) is 13.8 Å². The Morgan fingerprint density at radius 3 is 1.43 bits per heavy atom. The van der Waals surface area contributed by atoms with E-state index in [1.54, 1.807) is 26.0 Å². The van der Waals surface area contributed by atoms with E-state index >= 15 is 0 Å².